The van der Waals surface area contributed by atoms with Crippen LogP contribution in [0.3, 0.4) is 0 Å². The summed E-state index contributed by atoms with van der Waals surface area (Å²) in [6.07, 6.45) is 0.522. The SMILES string of the molecule is Cc1ccc(C)c(S(=O)(=O)N2CC(C)CC(C(=O)O)C2)c1. The summed E-state index contributed by atoms with van der Waals surface area (Å²) in [7, 11) is -3.64. The molecule has 2 atom stereocenters. The minimum atomic E-state index is -3.64. The van der Waals surface area contributed by atoms with Gasteiger partial charge in [0.2, 0.25) is 10.0 Å². The number of hydrogen-bond donors (Lipinski definition) is 1. The molecule has 0 bridgehead atoms. The lowest BCUT2D eigenvalue weighted by Gasteiger charge is -2.34. The van der Waals surface area contributed by atoms with E-state index in [4.69, 9.17) is 0 Å². The Morgan fingerprint density at radius 2 is 1.95 bits per heavy atom. The molecule has 6 heteroatoms. The lowest BCUT2D eigenvalue weighted by Crippen LogP contribution is -2.45. The molecule has 116 valence electrons. The van der Waals surface area contributed by atoms with Gasteiger partial charge in [-0.1, -0.05) is 19.1 Å². The van der Waals surface area contributed by atoms with Crippen molar-refractivity contribution >= 4 is 16.0 Å². The Labute approximate surface area is 125 Å². The number of sulfonamides is 1. The first-order valence-electron chi connectivity index (χ1n) is 7.02. The third-order valence-corrected chi connectivity index (χ3v) is 5.91. The highest BCUT2D eigenvalue weighted by molar-refractivity contribution is 7.89. The van der Waals surface area contributed by atoms with Crippen molar-refractivity contribution in [2.24, 2.45) is 11.8 Å². The van der Waals surface area contributed by atoms with Crippen LogP contribution in [0.1, 0.15) is 24.5 Å². The van der Waals surface area contributed by atoms with E-state index in [2.05, 4.69) is 0 Å². The van der Waals surface area contributed by atoms with Gasteiger partial charge in [-0.05, 0) is 43.4 Å². The summed E-state index contributed by atoms with van der Waals surface area (Å²) in [6.45, 7) is 5.92. The quantitative estimate of drug-likeness (QED) is 0.927. The highest BCUT2D eigenvalue weighted by Crippen LogP contribution is 2.28. The number of carboxylic acids is 1. The Hall–Kier alpha value is -1.40. The fraction of sp³-hybridized carbons (Fsp3) is 0.533. The van der Waals surface area contributed by atoms with Gasteiger partial charge in [0.25, 0.3) is 0 Å². The van der Waals surface area contributed by atoms with Crippen molar-refractivity contribution in [3.8, 4) is 0 Å². The zero-order chi connectivity index (χ0) is 15.8. The summed E-state index contributed by atoms with van der Waals surface area (Å²) in [5, 5.41) is 9.19. The van der Waals surface area contributed by atoms with Crippen molar-refractivity contribution in [1.82, 2.24) is 4.31 Å². The molecule has 1 heterocycles. The summed E-state index contributed by atoms with van der Waals surface area (Å²) in [6, 6.07) is 5.30. The number of carboxylic acid groups (broad SMARTS) is 1. The van der Waals surface area contributed by atoms with Gasteiger partial charge >= 0.3 is 5.97 Å². The Balaban J connectivity index is 2.38. The molecule has 2 rings (SSSR count). The minimum Gasteiger partial charge on any atom is -0.481 e. The molecule has 5 nitrogen and oxygen atoms in total. The third kappa shape index (κ3) is 3.27. The van der Waals surface area contributed by atoms with Gasteiger partial charge in [-0.3, -0.25) is 4.79 Å². The van der Waals surface area contributed by atoms with Crippen molar-refractivity contribution in [3.63, 3.8) is 0 Å². The number of aliphatic carboxylic acids is 1. The van der Waals surface area contributed by atoms with Gasteiger partial charge in [-0.2, -0.15) is 4.31 Å². The van der Waals surface area contributed by atoms with Crippen LogP contribution in [0.5, 0.6) is 0 Å². The van der Waals surface area contributed by atoms with Crippen molar-refractivity contribution in [3.05, 3.63) is 29.3 Å². The maximum atomic E-state index is 12.8. The summed E-state index contributed by atoms with van der Waals surface area (Å²) in [5.74, 6) is -1.52. The molecule has 1 fully saturated rings. The van der Waals surface area contributed by atoms with Crippen molar-refractivity contribution in [1.29, 1.82) is 0 Å². The number of hydrogen-bond acceptors (Lipinski definition) is 3. The second kappa shape index (κ2) is 5.77. The van der Waals surface area contributed by atoms with E-state index in [1.54, 1.807) is 19.1 Å². The largest absolute Gasteiger partial charge is 0.481 e. The molecule has 1 aliphatic heterocycles. The normalized spacial score (nSPS) is 24.0. The Bertz CT molecular complexity index is 654. The highest BCUT2D eigenvalue weighted by Gasteiger charge is 2.36. The van der Waals surface area contributed by atoms with E-state index in [-0.39, 0.29) is 17.4 Å². The van der Waals surface area contributed by atoms with Crippen LogP contribution >= 0.6 is 0 Å². The summed E-state index contributed by atoms with van der Waals surface area (Å²) in [4.78, 5) is 11.5. The molecule has 0 radical (unpaired) electrons. The molecule has 1 aliphatic rings. The second-order valence-electron chi connectivity index (χ2n) is 5.97. The first-order valence-corrected chi connectivity index (χ1v) is 8.46. The van der Waals surface area contributed by atoms with Crippen molar-refractivity contribution < 1.29 is 18.3 Å². The highest BCUT2D eigenvalue weighted by atomic mass is 32.2. The molecule has 2 unspecified atom stereocenters. The summed E-state index contributed by atoms with van der Waals surface area (Å²) < 4.78 is 26.9. The fourth-order valence-corrected chi connectivity index (χ4v) is 4.72. The molecule has 21 heavy (non-hydrogen) atoms. The lowest BCUT2D eigenvalue weighted by atomic mass is 9.92. The van der Waals surface area contributed by atoms with E-state index in [9.17, 15) is 18.3 Å². The van der Waals surface area contributed by atoms with Crippen molar-refractivity contribution in [2.75, 3.05) is 13.1 Å². The Kier molecular flexibility index (Phi) is 4.39. The van der Waals surface area contributed by atoms with Gasteiger partial charge in [-0.15, -0.1) is 0 Å². The van der Waals surface area contributed by atoms with Crippen LogP contribution < -0.4 is 0 Å². The zero-order valence-corrected chi connectivity index (χ0v) is 13.4. The van der Waals surface area contributed by atoms with Gasteiger partial charge in [0.15, 0.2) is 0 Å². The van der Waals surface area contributed by atoms with E-state index in [0.29, 0.717) is 18.5 Å². The van der Waals surface area contributed by atoms with Crippen LogP contribution in [-0.2, 0) is 14.8 Å². The van der Waals surface area contributed by atoms with Gasteiger partial charge in [0.05, 0.1) is 10.8 Å². The monoisotopic (exact) mass is 311 g/mol. The van der Waals surface area contributed by atoms with Gasteiger partial charge in [0, 0.05) is 13.1 Å². The predicted molar refractivity (Wildman–Crippen MR) is 79.6 cm³/mol. The molecule has 0 saturated carbocycles. The summed E-state index contributed by atoms with van der Waals surface area (Å²) in [5.41, 5.74) is 1.56. The minimum absolute atomic E-state index is 0.0414. The lowest BCUT2D eigenvalue weighted by molar-refractivity contribution is -0.143. The molecule has 0 aliphatic carbocycles. The van der Waals surface area contributed by atoms with E-state index < -0.39 is 21.9 Å². The Morgan fingerprint density at radius 3 is 2.57 bits per heavy atom. The van der Waals surface area contributed by atoms with Gasteiger partial charge in [0.1, 0.15) is 0 Å². The number of carbonyl (C=O) groups is 1. The van der Waals surface area contributed by atoms with Crippen LogP contribution in [0.25, 0.3) is 0 Å². The Morgan fingerprint density at radius 1 is 1.29 bits per heavy atom. The van der Waals surface area contributed by atoms with Crippen LogP contribution in [-0.4, -0.2) is 36.9 Å². The average molecular weight is 311 g/mol. The van der Waals surface area contributed by atoms with Crippen LogP contribution in [0, 0.1) is 25.7 Å². The molecule has 1 aromatic carbocycles. The van der Waals surface area contributed by atoms with E-state index in [0.717, 1.165) is 5.56 Å². The third-order valence-electron chi connectivity index (χ3n) is 3.94. The van der Waals surface area contributed by atoms with E-state index >= 15 is 0 Å². The maximum Gasteiger partial charge on any atom is 0.307 e. The molecule has 1 saturated heterocycles. The number of benzene rings is 1. The smallest absolute Gasteiger partial charge is 0.307 e. The van der Waals surface area contributed by atoms with E-state index in [1.165, 1.54) is 4.31 Å². The predicted octanol–water partition coefficient (Wildman–Crippen LogP) is 2.03. The number of nitrogens with zero attached hydrogens (tertiary/aromatic N) is 1. The first kappa shape index (κ1) is 16.0. The number of aryl methyl sites for hydroxylation is 2. The van der Waals surface area contributed by atoms with Gasteiger partial charge in [-0.25, -0.2) is 8.42 Å². The second-order valence-corrected chi connectivity index (χ2v) is 7.87. The molecular weight excluding hydrogens is 290 g/mol. The molecular formula is C15H21NO4S. The molecule has 1 aromatic rings. The molecule has 0 aromatic heterocycles. The molecule has 1 N–H and O–H groups in total. The number of piperidine rings is 1. The zero-order valence-electron chi connectivity index (χ0n) is 12.5. The van der Waals surface area contributed by atoms with Crippen LogP contribution in [0.4, 0.5) is 0 Å². The first-order chi connectivity index (χ1) is 9.71. The number of rotatable bonds is 3. The fourth-order valence-electron chi connectivity index (χ4n) is 2.80. The topological polar surface area (TPSA) is 74.7 Å². The summed E-state index contributed by atoms with van der Waals surface area (Å²) >= 11 is 0. The maximum absolute atomic E-state index is 12.8. The molecule has 0 spiro atoms. The van der Waals surface area contributed by atoms with Crippen LogP contribution in [0.15, 0.2) is 23.1 Å². The van der Waals surface area contributed by atoms with Gasteiger partial charge < -0.3 is 5.11 Å². The van der Waals surface area contributed by atoms with Crippen molar-refractivity contribution in [2.45, 2.75) is 32.1 Å². The van der Waals surface area contributed by atoms with Crippen LogP contribution in [0.2, 0.25) is 0 Å². The standard InChI is InChI=1S/C15H21NO4S/c1-10-4-5-12(3)14(7-10)21(19,20)16-8-11(2)6-13(9-16)15(17)18/h4-5,7,11,13H,6,8-9H2,1-3H3,(H,17,18). The van der Waals surface area contributed by atoms with E-state index in [1.807, 2.05) is 19.9 Å². The molecule has 0 amide bonds. The average Bonchev–Trinajstić information content (AvgIpc) is 2.40.